The van der Waals surface area contributed by atoms with E-state index in [1.54, 1.807) is 0 Å². The van der Waals surface area contributed by atoms with Crippen molar-refractivity contribution in [2.24, 2.45) is 0 Å². The second-order valence-corrected chi connectivity index (χ2v) is 5.28. The minimum Gasteiger partial charge on any atom is -0.480 e. The molecule has 5 nitrogen and oxygen atoms in total. The number of carboxylic acids is 1. The van der Waals surface area contributed by atoms with E-state index in [0.717, 1.165) is 56.0 Å². The Morgan fingerprint density at radius 1 is 1.40 bits per heavy atom. The number of carbonyl (C=O) groups is 1. The molecule has 2 rings (SSSR count). The molecule has 1 aromatic heterocycles. The molecule has 0 saturated carbocycles. The predicted molar refractivity (Wildman–Crippen MR) is 78.0 cm³/mol. The third-order valence-electron chi connectivity index (χ3n) is 3.72. The van der Waals surface area contributed by atoms with Crippen molar-refractivity contribution in [1.29, 1.82) is 0 Å². The van der Waals surface area contributed by atoms with Crippen molar-refractivity contribution in [3.05, 3.63) is 17.6 Å². The molecule has 1 fully saturated rings. The number of hydrogen-bond donors (Lipinski definition) is 1. The van der Waals surface area contributed by atoms with Crippen LogP contribution < -0.4 is 4.90 Å². The Balaban J connectivity index is 2.33. The van der Waals surface area contributed by atoms with Crippen LogP contribution in [0.15, 0.2) is 6.07 Å². The number of aromatic nitrogens is 2. The van der Waals surface area contributed by atoms with Crippen LogP contribution in [0.3, 0.4) is 0 Å². The van der Waals surface area contributed by atoms with Gasteiger partial charge in [-0.2, -0.15) is 0 Å². The van der Waals surface area contributed by atoms with E-state index in [0.29, 0.717) is 6.42 Å². The van der Waals surface area contributed by atoms with Crippen molar-refractivity contribution >= 4 is 11.8 Å². The monoisotopic (exact) mass is 277 g/mol. The Morgan fingerprint density at radius 3 is 2.85 bits per heavy atom. The summed E-state index contributed by atoms with van der Waals surface area (Å²) >= 11 is 0. The minimum atomic E-state index is -0.751. The number of aryl methyl sites for hydroxylation is 2. The molecule has 110 valence electrons. The molecule has 0 radical (unpaired) electrons. The molecule has 0 amide bonds. The lowest BCUT2D eigenvalue weighted by Gasteiger charge is -2.34. The molecule has 1 atom stereocenters. The van der Waals surface area contributed by atoms with Crippen LogP contribution in [0.1, 0.15) is 51.0 Å². The highest BCUT2D eigenvalue weighted by molar-refractivity contribution is 5.78. The second kappa shape index (κ2) is 6.68. The van der Waals surface area contributed by atoms with Gasteiger partial charge in [0.15, 0.2) is 0 Å². The van der Waals surface area contributed by atoms with Crippen LogP contribution in [0.4, 0.5) is 5.82 Å². The van der Waals surface area contributed by atoms with Crippen molar-refractivity contribution in [3.63, 3.8) is 0 Å². The first-order valence-electron chi connectivity index (χ1n) is 7.52. The van der Waals surface area contributed by atoms with Crippen molar-refractivity contribution in [2.75, 3.05) is 11.4 Å². The van der Waals surface area contributed by atoms with Gasteiger partial charge in [-0.15, -0.1) is 0 Å². The zero-order valence-corrected chi connectivity index (χ0v) is 12.3. The number of aliphatic carboxylic acids is 1. The predicted octanol–water partition coefficient (Wildman–Crippen LogP) is 2.44. The minimum absolute atomic E-state index is 0.446. The van der Waals surface area contributed by atoms with Gasteiger partial charge in [0.2, 0.25) is 0 Å². The lowest BCUT2D eigenvalue weighted by molar-refractivity contribution is -0.139. The van der Waals surface area contributed by atoms with Gasteiger partial charge in [-0.05, 0) is 25.7 Å². The Bertz CT molecular complexity index is 476. The summed E-state index contributed by atoms with van der Waals surface area (Å²) in [6.07, 6.45) is 5.41. The van der Waals surface area contributed by atoms with E-state index in [9.17, 15) is 9.90 Å². The number of carboxylic acid groups (broad SMARTS) is 1. The maximum atomic E-state index is 11.4. The largest absolute Gasteiger partial charge is 0.480 e. The van der Waals surface area contributed by atoms with Crippen LogP contribution in [0.25, 0.3) is 0 Å². The molecule has 0 aromatic carbocycles. The summed E-state index contributed by atoms with van der Waals surface area (Å²) in [6.45, 7) is 4.91. The fraction of sp³-hybridized carbons (Fsp3) is 0.667. The Kier molecular flexibility index (Phi) is 4.93. The SMILES string of the molecule is CCCc1cc(N2CCCCC2C(=O)O)nc(CC)n1. The fourth-order valence-corrected chi connectivity index (χ4v) is 2.69. The Morgan fingerprint density at radius 2 is 2.20 bits per heavy atom. The molecular weight excluding hydrogens is 254 g/mol. The molecule has 0 aliphatic carbocycles. The van der Waals surface area contributed by atoms with E-state index in [1.807, 2.05) is 17.9 Å². The maximum absolute atomic E-state index is 11.4. The van der Waals surface area contributed by atoms with Crippen LogP contribution in [0.5, 0.6) is 0 Å². The molecule has 1 aromatic rings. The quantitative estimate of drug-likeness (QED) is 0.895. The third-order valence-corrected chi connectivity index (χ3v) is 3.72. The first-order valence-corrected chi connectivity index (χ1v) is 7.52. The molecule has 5 heteroatoms. The average molecular weight is 277 g/mol. The Labute approximate surface area is 120 Å². The van der Waals surface area contributed by atoms with Gasteiger partial charge in [0.1, 0.15) is 17.7 Å². The zero-order chi connectivity index (χ0) is 14.5. The van der Waals surface area contributed by atoms with Gasteiger partial charge < -0.3 is 10.0 Å². The normalized spacial score (nSPS) is 19.1. The van der Waals surface area contributed by atoms with Gasteiger partial charge in [0.05, 0.1) is 0 Å². The summed E-state index contributed by atoms with van der Waals surface area (Å²) in [7, 11) is 0. The number of nitrogens with zero attached hydrogens (tertiary/aromatic N) is 3. The van der Waals surface area contributed by atoms with Crippen LogP contribution in [0, 0.1) is 0 Å². The van der Waals surface area contributed by atoms with Crippen LogP contribution >= 0.6 is 0 Å². The molecule has 1 N–H and O–H groups in total. The number of rotatable bonds is 5. The molecule has 0 spiro atoms. The molecule has 2 heterocycles. The highest BCUT2D eigenvalue weighted by Crippen LogP contribution is 2.24. The number of anilines is 1. The lowest BCUT2D eigenvalue weighted by Crippen LogP contribution is -2.45. The highest BCUT2D eigenvalue weighted by Gasteiger charge is 2.29. The smallest absolute Gasteiger partial charge is 0.326 e. The van der Waals surface area contributed by atoms with Crippen molar-refractivity contribution < 1.29 is 9.90 Å². The van der Waals surface area contributed by atoms with E-state index < -0.39 is 12.0 Å². The Hall–Kier alpha value is -1.65. The van der Waals surface area contributed by atoms with E-state index >= 15 is 0 Å². The standard InChI is InChI=1S/C15H23N3O2/c1-3-7-11-10-14(17-13(4-2)16-11)18-9-6-5-8-12(18)15(19)20/h10,12H,3-9H2,1-2H3,(H,19,20). The van der Waals surface area contributed by atoms with Crippen LogP contribution in [0.2, 0.25) is 0 Å². The molecule has 1 unspecified atom stereocenters. The van der Waals surface area contributed by atoms with Crippen LogP contribution in [-0.4, -0.2) is 33.6 Å². The highest BCUT2D eigenvalue weighted by atomic mass is 16.4. The molecule has 1 aliphatic rings. The van der Waals surface area contributed by atoms with Gasteiger partial charge in [-0.25, -0.2) is 14.8 Å². The van der Waals surface area contributed by atoms with Gasteiger partial charge in [0.25, 0.3) is 0 Å². The average Bonchev–Trinajstić information content (AvgIpc) is 2.47. The summed E-state index contributed by atoms with van der Waals surface area (Å²) < 4.78 is 0. The van der Waals surface area contributed by atoms with Gasteiger partial charge in [-0.1, -0.05) is 20.3 Å². The summed E-state index contributed by atoms with van der Waals surface area (Å²) in [4.78, 5) is 22.4. The first-order chi connectivity index (χ1) is 9.65. The van der Waals surface area contributed by atoms with Gasteiger partial charge in [0, 0.05) is 24.7 Å². The summed E-state index contributed by atoms with van der Waals surface area (Å²) in [5, 5.41) is 9.38. The topological polar surface area (TPSA) is 66.3 Å². The van der Waals surface area contributed by atoms with E-state index in [2.05, 4.69) is 16.9 Å². The van der Waals surface area contributed by atoms with Gasteiger partial charge >= 0.3 is 5.97 Å². The lowest BCUT2D eigenvalue weighted by atomic mass is 10.0. The maximum Gasteiger partial charge on any atom is 0.326 e. The van der Waals surface area contributed by atoms with Crippen molar-refractivity contribution in [3.8, 4) is 0 Å². The number of piperidine rings is 1. The van der Waals surface area contributed by atoms with E-state index in [4.69, 9.17) is 0 Å². The summed E-state index contributed by atoms with van der Waals surface area (Å²) in [6, 6.07) is 1.52. The van der Waals surface area contributed by atoms with Crippen molar-refractivity contribution in [1.82, 2.24) is 9.97 Å². The molecule has 1 saturated heterocycles. The summed E-state index contributed by atoms with van der Waals surface area (Å²) in [5.74, 6) is 0.839. The fourth-order valence-electron chi connectivity index (χ4n) is 2.69. The molecular formula is C15H23N3O2. The summed E-state index contributed by atoms with van der Waals surface area (Å²) in [5.41, 5.74) is 1.02. The second-order valence-electron chi connectivity index (χ2n) is 5.28. The zero-order valence-electron chi connectivity index (χ0n) is 12.3. The van der Waals surface area contributed by atoms with Crippen molar-refractivity contribution in [2.45, 2.75) is 58.4 Å². The molecule has 1 aliphatic heterocycles. The molecule has 20 heavy (non-hydrogen) atoms. The van der Waals surface area contributed by atoms with Gasteiger partial charge in [-0.3, -0.25) is 0 Å². The van der Waals surface area contributed by atoms with E-state index in [1.165, 1.54) is 0 Å². The molecule has 0 bridgehead atoms. The third kappa shape index (κ3) is 3.26. The van der Waals surface area contributed by atoms with Crippen LogP contribution in [-0.2, 0) is 17.6 Å². The first kappa shape index (κ1) is 14.8. The van der Waals surface area contributed by atoms with E-state index in [-0.39, 0.29) is 0 Å². The number of hydrogen-bond acceptors (Lipinski definition) is 4.